The van der Waals surface area contributed by atoms with Gasteiger partial charge in [0.1, 0.15) is 11.6 Å². The minimum absolute atomic E-state index is 0.0465. The van der Waals surface area contributed by atoms with Crippen molar-refractivity contribution >= 4 is 5.69 Å². The van der Waals surface area contributed by atoms with Crippen molar-refractivity contribution in [2.75, 3.05) is 11.9 Å². The monoisotopic (exact) mass is 297 g/mol. The second kappa shape index (κ2) is 6.99. The molecule has 0 aliphatic carbocycles. The first-order chi connectivity index (χ1) is 10.1. The summed E-state index contributed by atoms with van der Waals surface area (Å²) in [5.41, 5.74) is 0.801. The summed E-state index contributed by atoms with van der Waals surface area (Å²) in [5.74, 6) is -0.433. The number of aliphatic hydroxyl groups is 1. The average Bonchev–Trinajstić information content (AvgIpc) is 2.46. The number of hydrogen-bond acceptors (Lipinski definition) is 3. The van der Waals surface area contributed by atoms with Crippen molar-refractivity contribution in [3.05, 3.63) is 59.9 Å². The molecule has 6 heteroatoms. The molecule has 112 valence electrons. The lowest BCUT2D eigenvalue weighted by Gasteiger charge is -2.14. The Kier molecular flexibility index (Phi) is 5.05. The summed E-state index contributed by atoms with van der Waals surface area (Å²) in [4.78, 5) is 0. The number of hydrogen-bond donors (Lipinski definition) is 2. The molecule has 2 aromatic carbocycles. The molecule has 0 aromatic heterocycles. The van der Waals surface area contributed by atoms with E-state index in [0.29, 0.717) is 5.69 Å². The summed E-state index contributed by atoms with van der Waals surface area (Å²) < 4.78 is 41.7. The first-order valence-corrected chi connectivity index (χ1v) is 6.27. The molecule has 1 atom stereocenters. The number of alkyl halides is 2. The van der Waals surface area contributed by atoms with E-state index in [2.05, 4.69) is 10.1 Å². The Bertz CT molecular complexity index is 575. The van der Waals surface area contributed by atoms with Crippen molar-refractivity contribution in [3.8, 4) is 5.75 Å². The van der Waals surface area contributed by atoms with Gasteiger partial charge in [0.25, 0.3) is 0 Å². The molecule has 2 N–H and O–H groups in total. The number of aliphatic hydroxyl groups excluding tert-OH is 1. The Morgan fingerprint density at radius 3 is 2.33 bits per heavy atom. The summed E-state index contributed by atoms with van der Waals surface area (Å²) >= 11 is 0. The van der Waals surface area contributed by atoms with Crippen LogP contribution in [0.2, 0.25) is 0 Å². The number of nitrogens with one attached hydrogen (secondary N) is 1. The zero-order valence-corrected chi connectivity index (χ0v) is 11.0. The van der Waals surface area contributed by atoms with E-state index >= 15 is 0 Å². The van der Waals surface area contributed by atoms with Crippen molar-refractivity contribution in [1.29, 1.82) is 0 Å². The highest BCUT2D eigenvalue weighted by Gasteiger charge is 2.11. The van der Waals surface area contributed by atoms with Crippen LogP contribution in [0.5, 0.6) is 5.75 Å². The highest BCUT2D eigenvalue weighted by atomic mass is 19.3. The van der Waals surface area contributed by atoms with Gasteiger partial charge in [0, 0.05) is 17.8 Å². The Labute approximate surface area is 120 Å². The quantitative estimate of drug-likeness (QED) is 0.856. The van der Waals surface area contributed by atoms with E-state index in [1.165, 1.54) is 36.4 Å². The molecule has 2 rings (SSSR count). The molecule has 0 heterocycles. The summed E-state index contributed by atoms with van der Waals surface area (Å²) in [6.45, 7) is -2.78. The molecule has 3 nitrogen and oxygen atoms in total. The van der Waals surface area contributed by atoms with Crippen molar-refractivity contribution in [1.82, 2.24) is 0 Å². The molecule has 0 saturated carbocycles. The summed E-state index contributed by atoms with van der Waals surface area (Å²) in [6, 6.07) is 11.8. The third-order valence-electron chi connectivity index (χ3n) is 2.84. The van der Waals surface area contributed by atoms with E-state index in [9.17, 15) is 18.3 Å². The number of benzene rings is 2. The lowest BCUT2D eigenvalue weighted by Crippen LogP contribution is -2.13. The van der Waals surface area contributed by atoms with Crippen LogP contribution in [-0.2, 0) is 0 Å². The minimum Gasteiger partial charge on any atom is -0.435 e. The van der Waals surface area contributed by atoms with E-state index in [1.807, 2.05) is 0 Å². The third-order valence-corrected chi connectivity index (χ3v) is 2.84. The van der Waals surface area contributed by atoms with Crippen molar-refractivity contribution in [3.63, 3.8) is 0 Å². The van der Waals surface area contributed by atoms with Crippen LogP contribution in [0.15, 0.2) is 48.5 Å². The van der Waals surface area contributed by atoms with Crippen LogP contribution in [-0.4, -0.2) is 18.3 Å². The molecular formula is C15H14F3NO2. The Hall–Kier alpha value is -2.21. The van der Waals surface area contributed by atoms with Gasteiger partial charge in [-0.05, 0) is 30.3 Å². The van der Waals surface area contributed by atoms with Gasteiger partial charge in [0.05, 0.1) is 6.10 Å². The van der Waals surface area contributed by atoms with Gasteiger partial charge in [-0.1, -0.05) is 18.2 Å². The predicted molar refractivity (Wildman–Crippen MR) is 72.9 cm³/mol. The van der Waals surface area contributed by atoms with Crippen LogP contribution in [0.3, 0.4) is 0 Å². The fourth-order valence-corrected chi connectivity index (χ4v) is 1.82. The van der Waals surface area contributed by atoms with E-state index < -0.39 is 18.5 Å². The molecule has 0 bridgehead atoms. The van der Waals surface area contributed by atoms with Crippen molar-refractivity contribution in [2.45, 2.75) is 12.7 Å². The summed E-state index contributed by atoms with van der Waals surface area (Å²) in [7, 11) is 0. The lowest BCUT2D eigenvalue weighted by atomic mass is 10.1. The summed E-state index contributed by atoms with van der Waals surface area (Å²) in [5, 5.41) is 12.8. The maximum absolute atomic E-state index is 13.5. The number of anilines is 1. The third kappa shape index (κ3) is 4.39. The topological polar surface area (TPSA) is 41.5 Å². The number of rotatable bonds is 6. The smallest absolute Gasteiger partial charge is 0.387 e. The number of halogens is 3. The Balaban J connectivity index is 1.92. The molecule has 0 fully saturated rings. The second-order valence-electron chi connectivity index (χ2n) is 4.32. The van der Waals surface area contributed by atoms with Gasteiger partial charge < -0.3 is 15.2 Å². The highest BCUT2D eigenvalue weighted by Crippen LogP contribution is 2.20. The molecule has 21 heavy (non-hydrogen) atoms. The molecule has 2 aromatic rings. The largest absolute Gasteiger partial charge is 0.435 e. The predicted octanol–water partition coefficient (Wildman–Crippen LogP) is 3.57. The maximum Gasteiger partial charge on any atom is 0.387 e. The lowest BCUT2D eigenvalue weighted by molar-refractivity contribution is -0.0498. The molecular weight excluding hydrogens is 283 g/mol. The standard InChI is InChI=1S/C15H14F3NO2/c16-13-4-2-1-3-12(13)14(20)9-19-10-5-7-11(8-6-10)21-15(17)18/h1-8,14-15,19-20H,9H2. The average molecular weight is 297 g/mol. The van der Waals surface area contributed by atoms with Gasteiger partial charge in [0.15, 0.2) is 0 Å². The number of ether oxygens (including phenoxy) is 1. The second-order valence-corrected chi connectivity index (χ2v) is 4.32. The fourth-order valence-electron chi connectivity index (χ4n) is 1.82. The van der Waals surface area contributed by atoms with Gasteiger partial charge in [0.2, 0.25) is 0 Å². The minimum atomic E-state index is -2.87. The van der Waals surface area contributed by atoms with E-state index in [-0.39, 0.29) is 17.9 Å². The van der Waals surface area contributed by atoms with E-state index in [1.54, 1.807) is 12.1 Å². The van der Waals surface area contributed by atoms with Crippen LogP contribution in [0.1, 0.15) is 11.7 Å². The summed E-state index contributed by atoms with van der Waals surface area (Å²) in [6.07, 6.45) is -1.01. The molecule has 0 radical (unpaired) electrons. The van der Waals surface area contributed by atoms with Gasteiger partial charge in [-0.25, -0.2) is 4.39 Å². The van der Waals surface area contributed by atoms with Gasteiger partial charge >= 0.3 is 6.61 Å². The van der Waals surface area contributed by atoms with E-state index in [0.717, 1.165) is 0 Å². The van der Waals surface area contributed by atoms with Crippen LogP contribution in [0.25, 0.3) is 0 Å². The SMILES string of the molecule is OC(CNc1ccc(OC(F)F)cc1)c1ccccc1F. The van der Waals surface area contributed by atoms with Gasteiger partial charge in [-0.3, -0.25) is 0 Å². The van der Waals surface area contributed by atoms with Crippen LogP contribution in [0.4, 0.5) is 18.9 Å². The molecule has 1 unspecified atom stereocenters. The van der Waals surface area contributed by atoms with Gasteiger partial charge in [-0.15, -0.1) is 0 Å². The normalized spacial score (nSPS) is 12.2. The zero-order valence-electron chi connectivity index (χ0n) is 11.0. The maximum atomic E-state index is 13.5. The van der Waals surface area contributed by atoms with E-state index in [4.69, 9.17) is 0 Å². The van der Waals surface area contributed by atoms with Crippen LogP contribution < -0.4 is 10.1 Å². The molecule has 0 spiro atoms. The van der Waals surface area contributed by atoms with Crippen LogP contribution >= 0.6 is 0 Å². The first kappa shape index (κ1) is 15.2. The zero-order chi connectivity index (χ0) is 15.2. The van der Waals surface area contributed by atoms with Crippen molar-refractivity contribution in [2.24, 2.45) is 0 Å². The fraction of sp³-hybridized carbons (Fsp3) is 0.200. The molecule has 0 amide bonds. The Morgan fingerprint density at radius 1 is 1.05 bits per heavy atom. The molecule has 0 aliphatic rings. The van der Waals surface area contributed by atoms with Crippen LogP contribution in [0, 0.1) is 5.82 Å². The Morgan fingerprint density at radius 2 is 1.71 bits per heavy atom. The highest BCUT2D eigenvalue weighted by molar-refractivity contribution is 5.46. The van der Waals surface area contributed by atoms with Gasteiger partial charge in [-0.2, -0.15) is 8.78 Å². The molecule has 0 aliphatic heterocycles. The first-order valence-electron chi connectivity index (χ1n) is 6.27. The van der Waals surface area contributed by atoms with Crippen molar-refractivity contribution < 1.29 is 23.0 Å². The molecule has 0 saturated heterocycles.